The zero-order valence-electron chi connectivity index (χ0n) is 34.2. The Morgan fingerprint density at radius 3 is 1.52 bits per heavy atom. The van der Waals surface area contributed by atoms with Crippen LogP contribution in [0.3, 0.4) is 0 Å². The highest BCUT2D eigenvalue weighted by Gasteiger charge is 2.51. The Morgan fingerprint density at radius 2 is 0.918 bits per heavy atom. The second kappa shape index (κ2) is 13.1. The minimum Gasteiger partial charge on any atom is -0.335 e. The van der Waals surface area contributed by atoms with Crippen molar-refractivity contribution >= 4 is 65.2 Å². The molecule has 1 aliphatic carbocycles. The molecule has 0 N–H and O–H groups in total. The third-order valence-corrected chi connectivity index (χ3v) is 14.5. The smallest absolute Gasteiger partial charge is 0.0492 e. The first-order valence-corrected chi connectivity index (χ1v) is 21.9. The fraction of sp³-hybridized carbons (Fsp3) is 0.100. The van der Waals surface area contributed by atoms with E-state index >= 15 is 0 Å². The zero-order chi connectivity index (χ0) is 40.2. The Labute approximate surface area is 356 Å². The number of nitrogens with zero attached hydrogens (tertiary/aromatic N) is 1. The molecular formula is C60H43N. The number of fused-ring (bicyclic) bond motifs is 5. The van der Waals surface area contributed by atoms with E-state index < -0.39 is 0 Å². The van der Waals surface area contributed by atoms with Crippen LogP contribution in [0.2, 0.25) is 0 Å². The summed E-state index contributed by atoms with van der Waals surface area (Å²) >= 11 is 0. The molecule has 0 saturated heterocycles. The highest BCUT2D eigenvalue weighted by atomic mass is 15.2. The van der Waals surface area contributed by atoms with Gasteiger partial charge in [0.1, 0.15) is 0 Å². The van der Waals surface area contributed by atoms with Gasteiger partial charge in [-0.25, -0.2) is 0 Å². The van der Waals surface area contributed by atoms with E-state index in [1.54, 1.807) is 0 Å². The van der Waals surface area contributed by atoms with E-state index in [1.807, 2.05) is 0 Å². The largest absolute Gasteiger partial charge is 0.335 e. The maximum absolute atomic E-state index is 2.66. The molecule has 1 saturated carbocycles. The van der Waals surface area contributed by atoms with E-state index in [0.717, 1.165) is 0 Å². The van der Waals surface area contributed by atoms with Gasteiger partial charge >= 0.3 is 0 Å². The second-order valence-corrected chi connectivity index (χ2v) is 17.7. The highest BCUT2D eigenvalue weighted by Crippen LogP contribution is 2.60. The quantitative estimate of drug-likeness (QED) is 0.157. The van der Waals surface area contributed by atoms with E-state index in [-0.39, 0.29) is 5.54 Å². The summed E-state index contributed by atoms with van der Waals surface area (Å²) in [7, 11) is 0. The van der Waals surface area contributed by atoms with Gasteiger partial charge in [0, 0.05) is 22.8 Å². The third kappa shape index (κ3) is 5.01. The monoisotopic (exact) mass is 777 g/mol. The predicted molar refractivity (Wildman–Crippen MR) is 260 cm³/mol. The topological polar surface area (TPSA) is 3.24 Å². The predicted octanol–water partition coefficient (Wildman–Crippen LogP) is 16.7. The van der Waals surface area contributed by atoms with Crippen LogP contribution in [-0.4, -0.2) is 5.54 Å². The fourth-order valence-corrected chi connectivity index (χ4v) is 11.9. The van der Waals surface area contributed by atoms with Gasteiger partial charge in [-0.2, -0.15) is 0 Å². The number of para-hydroxylation sites is 1. The van der Waals surface area contributed by atoms with Crippen LogP contribution in [0.15, 0.2) is 200 Å². The van der Waals surface area contributed by atoms with Gasteiger partial charge < -0.3 is 4.90 Å². The van der Waals surface area contributed by atoms with Crippen molar-refractivity contribution in [3.63, 3.8) is 0 Å². The van der Waals surface area contributed by atoms with Crippen molar-refractivity contribution < 1.29 is 0 Å². The van der Waals surface area contributed by atoms with Crippen molar-refractivity contribution in [1.82, 2.24) is 0 Å². The van der Waals surface area contributed by atoms with E-state index in [4.69, 9.17) is 0 Å². The van der Waals surface area contributed by atoms with Crippen molar-refractivity contribution in [2.75, 3.05) is 4.90 Å². The first kappa shape index (κ1) is 34.6. The molecule has 0 spiro atoms. The molecule has 0 amide bonds. The van der Waals surface area contributed by atoms with Crippen molar-refractivity contribution in [2.24, 2.45) is 0 Å². The normalized spacial score (nSPS) is 17.3. The summed E-state index contributed by atoms with van der Waals surface area (Å²) < 4.78 is 0. The van der Waals surface area contributed by atoms with Crippen LogP contribution in [0.5, 0.6) is 0 Å². The van der Waals surface area contributed by atoms with Crippen LogP contribution >= 0.6 is 0 Å². The summed E-state index contributed by atoms with van der Waals surface area (Å²) in [6.45, 7) is 2.50. The molecule has 1 heteroatoms. The standard InChI is InChI=1S/C60H43N/c1-60-34-14-27-56(60)55-35-41(28-33-57(55)61(60)42-21-6-3-7-22-42)52-37-54(46-26-13-20-39-18-9-11-24-44(39)46)50-31-29-47-51(40-15-4-2-5-16-40)36-53(49-32-30-48(52)59(50)58(47)49)45-25-12-19-38-17-8-10-23-43(38)45/h2-13,15-26,28-33,35-37,56H,14,27,34H2,1H3. The highest BCUT2D eigenvalue weighted by molar-refractivity contribution is 6.32. The van der Waals surface area contributed by atoms with Crippen LogP contribution < -0.4 is 4.90 Å². The number of anilines is 2. The van der Waals surface area contributed by atoms with E-state index in [0.29, 0.717) is 5.92 Å². The molecule has 1 nitrogen and oxygen atoms in total. The van der Waals surface area contributed by atoms with E-state index in [2.05, 4.69) is 212 Å². The molecule has 1 aliphatic heterocycles. The zero-order valence-corrected chi connectivity index (χ0v) is 34.2. The molecule has 1 heterocycles. The fourth-order valence-electron chi connectivity index (χ4n) is 11.9. The van der Waals surface area contributed by atoms with Crippen molar-refractivity contribution in [3.8, 4) is 44.5 Å². The molecule has 11 aromatic carbocycles. The van der Waals surface area contributed by atoms with Crippen LogP contribution in [0.25, 0.3) is 98.4 Å². The first-order valence-electron chi connectivity index (χ1n) is 21.9. The summed E-state index contributed by atoms with van der Waals surface area (Å²) in [5, 5.41) is 12.9. The molecule has 0 aromatic heterocycles. The van der Waals surface area contributed by atoms with Gasteiger partial charge in [0.15, 0.2) is 0 Å². The van der Waals surface area contributed by atoms with E-state index in [9.17, 15) is 0 Å². The Balaban J connectivity index is 1.15. The van der Waals surface area contributed by atoms with Gasteiger partial charge in [-0.15, -0.1) is 0 Å². The Hall–Kier alpha value is -7.22. The summed E-state index contributed by atoms with van der Waals surface area (Å²) in [5.74, 6) is 0.483. The van der Waals surface area contributed by atoms with Gasteiger partial charge in [-0.3, -0.25) is 0 Å². The number of hydrogen-bond donors (Lipinski definition) is 0. The van der Waals surface area contributed by atoms with Crippen LogP contribution in [0.4, 0.5) is 11.4 Å². The number of hydrogen-bond acceptors (Lipinski definition) is 1. The lowest BCUT2D eigenvalue weighted by atomic mass is 9.80. The maximum atomic E-state index is 2.66. The maximum Gasteiger partial charge on any atom is 0.0492 e. The molecule has 2 atom stereocenters. The summed E-state index contributed by atoms with van der Waals surface area (Å²) in [6.07, 6.45) is 3.67. The summed E-state index contributed by atoms with van der Waals surface area (Å²) in [4.78, 5) is 2.66. The van der Waals surface area contributed by atoms with Crippen molar-refractivity contribution in [3.05, 3.63) is 206 Å². The second-order valence-electron chi connectivity index (χ2n) is 17.7. The van der Waals surface area contributed by atoms with Crippen molar-refractivity contribution in [1.29, 1.82) is 0 Å². The summed E-state index contributed by atoms with van der Waals surface area (Å²) in [5.41, 5.74) is 14.4. The molecule has 288 valence electrons. The first-order chi connectivity index (χ1) is 30.1. The molecule has 13 rings (SSSR count). The summed E-state index contributed by atoms with van der Waals surface area (Å²) in [6, 6.07) is 75.5. The molecule has 0 bridgehead atoms. The minimum atomic E-state index is 0.0604. The molecule has 1 fully saturated rings. The van der Waals surface area contributed by atoms with E-state index in [1.165, 1.54) is 135 Å². The van der Waals surface area contributed by atoms with Crippen molar-refractivity contribution in [2.45, 2.75) is 37.6 Å². The van der Waals surface area contributed by atoms with Gasteiger partial charge in [-0.05, 0) is 160 Å². The van der Waals surface area contributed by atoms with Gasteiger partial charge in [0.05, 0.1) is 0 Å². The lowest BCUT2D eigenvalue weighted by Gasteiger charge is -2.37. The molecule has 2 aliphatic rings. The minimum absolute atomic E-state index is 0.0604. The van der Waals surface area contributed by atoms with Crippen LogP contribution in [-0.2, 0) is 0 Å². The SMILES string of the molecule is CC12CCCC1c1cc(-c3cc(-c4cccc5ccccc45)c4ccc5c(-c6ccccc6)cc(-c6cccc7ccccc67)c6ccc3c4c56)ccc1N2c1ccccc1. The molecule has 11 aromatic rings. The Kier molecular flexibility index (Phi) is 7.46. The number of rotatable bonds is 5. The molecule has 0 radical (unpaired) electrons. The van der Waals surface area contributed by atoms with Gasteiger partial charge in [0.25, 0.3) is 0 Å². The average molecular weight is 778 g/mol. The van der Waals surface area contributed by atoms with Gasteiger partial charge in [-0.1, -0.05) is 170 Å². The Bertz CT molecular complexity index is 3520. The third-order valence-electron chi connectivity index (χ3n) is 14.5. The van der Waals surface area contributed by atoms with Gasteiger partial charge in [0.2, 0.25) is 0 Å². The molecule has 2 unspecified atom stereocenters. The molecular weight excluding hydrogens is 735 g/mol. The lowest BCUT2D eigenvalue weighted by Crippen LogP contribution is -2.40. The average Bonchev–Trinajstić information content (AvgIpc) is 3.82. The van der Waals surface area contributed by atoms with Crippen LogP contribution in [0, 0.1) is 0 Å². The molecule has 61 heavy (non-hydrogen) atoms. The van der Waals surface area contributed by atoms with Crippen LogP contribution in [0.1, 0.15) is 37.7 Å². The Morgan fingerprint density at radius 1 is 0.410 bits per heavy atom. The lowest BCUT2D eigenvalue weighted by molar-refractivity contribution is 0.451. The number of benzene rings is 11.